The lowest BCUT2D eigenvalue weighted by Gasteiger charge is -2.36. The van der Waals surface area contributed by atoms with Crippen molar-refractivity contribution >= 4 is 17.5 Å². The van der Waals surface area contributed by atoms with Crippen LogP contribution in [0, 0.1) is 0 Å². The van der Waals surface area contributed by atoms with Crippen LogP contribution in [0.4, 0.5) is 16.2 Å². The van der Waals surface area contributed by atoms with Gasteiger partial charge in [-0.3, -0.25) is 0 Å². The van der Waals surface area contributed by atoms with E-state index in [0.717, 1.165) is 25.2 Å². The number of carbonyl (C=O) groups is 1. The maximum Gasteiger partial charge on any atom is 0.410 e. The van der Waals surface area contributed by atoms with E-state index in [9.17, 15) is 4.79 Å². The van der Waals surface area contributed by atoms with E-state index < -0.39 is 5.60 Å². The quantitative estimate of drug-likeness (QED) is 0.846. The van der Waals surface area contributed by atoms with E-state index in [2.05, 4.69) is 17.0 Å². The minimum absolute atomic E-state index is 0.175. The molecule has 2 saturated heterocycles. The second-order valence-electron chi connectivity index (χ2n) is 8.42. The first-order valence-electron chi connectivity index (χ1n) is 8.97. The topological polar surface area (TPSA) is 58.8 Å². The summed E-state index contributed by atoms with van der Waals surface area (Å²) in [7, 11) is 0. The lowest BCUT2D eigenvalue weighted by atomic mass is 10.1. The third-order valence-electron chi connectivity index (χ3n) is 5.29. The summed E-state index contributed by atoms with van der Waals surface area (Å²) >= 11 is 0. The van der Waals surface area contributed by atoms with Gasteiger partial charge in [0.25, 0.3) is 0 Å². The van der Waals surface area contributed by atoms with Crippen LogP contribution in [0.1, 0.15) is 51.5 Å². The lowest BCUT2D eigenvalue weighted by Crippen LogP contribution is -2.50. The fourth-order valence-electron chi connectivity index (χ4n) is 4.02. The zero-order valence-corrected chi connectivity index (χ0v) is 14.8. The van der Waals surface area contributed by atoms with Crippen LogP contribution in [0.5, 0.6) is 0 Å². The Labute approximate surface area is 143 Å². The molecule has 5 heteroatoms. The fraction of sp³-hybridized carbons (Fsp3) is 0.632. The molecule has 1 aliphatic carbocycles. The predicted molar refractivity (Wildman–Crippen MR) is 95.3 cm³/mol. The first-order chi connectivity index (χ1) is 11.3. The highest BCUT2D eigenvalue weighted by molar-refractivity contribution is 5.71. The number of hydrogen-bond acceptors (Lipinski definition) is 4. The van der Waals surface area contributed by atoms with Gasteiger partial charge in [-0.2, -0.15) is 0 Å². The minimum Gasteiger partial charge on any atom is -0.444 e. The Kier molecular flexibility index (Phi) is 3.44. The van der Waals surface area contributed by atoms with Crippen molar-refractivity contribution in [2.75, 3.05) is 23.7 Å². The molecule has 2 heterocycles. The van der Waals surface area contributed by atoms with Crippen molar-refractivity contribution in [3.8, 4) is 0 Å². The molecule has 2 aliphatic heterocycles. The summed E-state index contributed by atoms with van der Waals surface area (Å²) in [4.78, 5) is 16.7. The summed E-state index contributed by atoms with van der Waals surface area (Å²) in [6.07, 6.45) is 3.37. The number of likely N-dealkylation sites (tertiary alicyclic amines) is 1. The van der Waals surface area contributed by atoms with E-state index in [-0.39, 0.29) is 12.1 Å². The Morgan fingerprint density at radius 3 is 2.54 bits per heavy atom. The van der Waals surface area contributed by atoms with Crippen molar-refractivity contribution in [3.05, 3.63) is 23.8 Å². The molecule has 130 valence electrons. The van der Waals surface area contributed by atoms with Crippen molar-refractivity contribution in [1.82, 2.24) is 4.90 Å². The van der Waals surface area contributed by atoms with Gasteiger partial charge >= 0.3 is 6.09 Å². The molecule has 3 aliphatic rings. The van der Waals surface area contributed by atoms with E-state index in [0.29, 0.717) is 12.0 Å². The summed E-state index contributed by atoms with van der Waals surface area (Å²) in [5, 5.41) is 0. The number of fused-ring (bicyclic) bond motifs is 2. The number of nitrogen functional groups attached to an aromatic ring is 1. The summed E-state index contributed by atoms with van der Waals surface area (Å²) in [6, 6.07) is 7.08. The molecule has 1 amide bonds. The van der Waals surface area contributed by atoms with Gasteiger partial charge < -0.3 is 20.3 Å². The lowest BCUT2D eigenvalue weighted by molar-refractivity contribution is 0.0215. The summed E-state index contributed by atoms with van der Waals surface area (Å²) < 4.78 is 5.54. The van der Waals surface area contributed by atoms with Gasteiger partial charge in [-0.25, -0.2) is 4.79 Å². The van der Waals surface area contributed by atoms with E-state index >= 15 is 0 Å². The van der Waals surface area contributed by atoms with Gasteiger partial charge in [0, 0.05) is 30.5 Å². The van der Waals surface area contributed by atoms with Gasteiger partial charge in [0.1, 0.15) is 5.60 Å². The van der Waals surface area contributed by atoms with Crippen LogP contribution in [0.2, 0.25) is 0 Å². The van der Waals surface area contributed by atoms with E-state index in [1.165, 1.54) is 24.1 Å². The Morgan fingerprint density at radius 1 is 1.21 bits per heavy atom. The number of carbonyl (C=O) groups excluding carboxylic acids is 1. The standard InChI is InChI=1S/C19H27N3O2/c1-19(2,3)24-18(23)22-11-14-8-15(22)10-21(14)13-6-7-17(20)16(9-13)12-4-5-12/h6-7,9,12,14-15H,4-5,8,10-11,20H2,1-3H3/t14-,15-/m1/s1. The number of hydrogen-bond donors (Lipinski definition) is 1. The highest BCUT2D eigenvalue weighted by atomic mass is 16.6. The van der Waals surface area contributed by atoms with Gasteiger partial charge in [-0.1, -0.05) is 0 Å². The van der Waals surface area contributed by atoms with Crippen LogP contribution >= 0.6 is 0 Å². The largest absolute Gasteiger partial charge is 0.444 e. The third-order valence-corrected chi connectivity index (χ3v) is 5.29. The molecule has 5 nitrogen and oxygen atoms in total. The number of benzene rings is 1. The second-order valence-corrected chi connectivity index (χ2v) is 8.42. The van der Waals surface area contributed by atoms with Gasteiger partial charge in [0.05, 0.1) is 6.04 Å². The summed E-state index contributed by atoms with van der Waals surface area (Å²) in [5.74, 6) is 0.656. The molecule has 0 radical (unpaired) electrons. The molecule has 4 rings (SSSR count). The molecular formula is C19H27N3O2. The Hall–Kier alpha value is -1.91. The number of rotatable bonds is 2. The van der Waals surface area contributed by atoms with Crippen molar-refractivity contribution in [3.63, 3.8) is 0 Å². The van der Waals surface area contributed by atoms with Gasteiger partial charge in [-0.05, 0) is 69.7 Å². The molecule has 3 fully saturated rings. The van der Waals surface area contributed by atoms with Gasteiger partial charge in [0.15, 0.2) is 0 Å². The monoisotopic (exact) mass is 329 g/mol. The number of nitrogens with zero attached hydrogens (tertiary/aromatic N) is 2. The molecule has 24 heavy (non-hydrogen) atoms. The average molecular weight is 329 g/mol. The van der Waals surface area contributed by atoms with Crippen LogP contribution in [-0.2, 0) is 4.74 Å². The molecule has 2 N–H and O–H groups in total. The second kappa shape index (κ2) is 5.30. The minimum atomic E-state index is -0.436. The first-order valence-corrected chi connectivity index (χ1v) is 8.97. The van der Waals surface area contributed by atoms with Crippen LogP contribution < -0.4 is 10.6 Å². The van der Waals surface area contributed by atoms with Crippen molar-refractivity contribution in [2.45, 2.75) is 63.6 Å². The third kappa shape index (κ3) is 2.80. The van der Waals surface area contributed by atoms with Crippen molar-refractivity contribution in [1.29, 1.82) is 0 Å². The van der Waals surface area contributed by atoms with E-state index in [1.807, 2.05) is 31.7 Å². The Morgan fingerprint density at radius 2 is 1.96 bits per heavy atom. The molecule has 2 bridgehead atoms. The SMILES string of the molecule is CC(C)(C)OC(=O)N1C[C@H]2C[C@@H]1CN2c1ccc(N)c(C2CC2)c1. The van der Waals surface area contributed by atoms with Crippen molar-refractivity contribution in [2.24, 2.45) is 0 Å². The maximum atomic E-state index is 12.4. The van der Waals surface area contributed by atoms with Crippen LogP contribution in [0.3, 0.4) is 0 Å². The Bertz CT molecular complexity index is 663. The zero-order valence-electron chi connectivity index (χ0n) is 14.8. The molecule has 0 aromatic heterocycles. The maximum absolute atomic E-state index is 12.4. The molecule has 1 aromatic carbocycles. The van der Waals surface area contributed by atoms with Gasteiger partial charge in [0.2, 0.25) is 0 Å². The first kappa shape index (κ1) is 15.6. The van der Waals surface area contributed by atoms with E-state index in [4.69, 9.17) is 10.5 Å². The molecule has 1 aromatic rings. The number of piperazine rings is 1. The van der Waals surface area contributed by atoms with Crippen LogP contribution in [0.25, 0.3) is 0 Å². The fourth-order valence-corrected chi connectivity index (χ4v) is 4.02. The smallest absolute Gasteiger partial charge is 0.410 e. The highest BCUT2D eigenvalue weighted by Crippen LogP contribution is 2.45. The van der Waals surface area contributed by atoms with E-state index in [1.54, 1.807) is 0 Å². The molecule has 0 unspecified atom stereocenters. The predicted octanol–water partition coefficient (Wildman–Crippen LogP) is 3.34. The van der Waals surface area contributed by atoms with Crippen LogP contribution in [0.15, 0.2) is 18.2 Å². The number of amides is 1. The molecule has 0 spiro atoms. The molecular weight excluding hydrogens is 302 g/mol. The Balaban J connectivity index is 1.47. The summed E-state index contributed by atoms with van der Waals surface area (Å²) in [5.41, 5.74) is 9.18. The van der Waals surface area contributed by atoms with Gasteiger partial charge in [-0.15, -0.1) is 0 Å². The van der Waals surface area contributed by atoms with Crippen molar-refractivity contribution < 1.29 is 9.53 Å². The number of nitrogens with two attached hydrogens (primary N) is 1. The average Bonchev–Trinajstić information content (AvgIpc) is 3.14. The zero-order chi connectivity index (χ0) is 17.1. The summed E-state index contributed by atoms with van der Waals surface area (Å²) in [6.45, 7) is 7.39. The number of ether oxygens (including phenoxy) is 1. The number of anilines is 2. The molecule has 1 saturated carbocycles. The van der Waals surface area contributed by atoms with Crippen LogP contribution in [-0.4, -0.2) is 41.8 Å². The highest BCUT2D eigenvalue weighted by Gasteiger charge is 2.46. The molecule has 2 atom stereocenters. The normalized spacial score (nSPS) is 26.1.